The van der Waals surface area contributed by atoms with Crippen molar-refractivity contribution in [1.29, 1.82) is 5.26 Å². The molecule has 0 unspecified atom stereocenters. The Bertz CT molecular complexity index is 618. The first kappa shape index (κ1) is 12.0. The average Bonchev–Trinajstić information content (AvgIpc) is 2.85. The quantitative estimate of drug-likeness (QED) is 0.868. The third kappa shape index (κ3) is 2.61. The molecule has 90 valence electrons. The van der Waals surface area contributed by atoms with Crippen LogP contribution >= 0.6 is 11.3 Å². The van der Waals surface area contributed by atoms with E-state index in [1.165, 1.54) is 16.7 Å². The number of carboxylic acid groups (broad SMARTS) is 1. The molecule has 0 saturated heterocycles. The van der Waals surface area contributed by atoms with Crippen LogP contribution in [0.3, 0.4) is 0 Å². The van der Waals surface area contributed by atoms with E-state index in [-0.39, 0.29) is 5.69 Å². The lowest BCUT2D eigenvalue weighted by Crippen LogP contribution is -2.04. The van der Waals surface area contributed by atoms with Crippen molar-refractivity contribution >= 4 is 23.1 Å². The third-order valence-corrected chi connectivity index (χ3v) is 2.95. The number of nitrogens with zero attached hydrogens (tertiary/aromatic N) is 3. The lowest BCUT2D eigenvalue weighted by atomic mass is 10.3. The molecule has 0 saturated carbocycles. The van der Waals surface area contributed by atoms with E-state index in [2.05, 4.69) is 15.3 Å². The van der Waals surface area contributed by atoms with Gasteiger partial charge >= 0.3 is 5.97 Å². The number of nitrogens with one attached hydrogen (secondary N) is 1. The summed E-state index contributed by atoms with van der Waals surface area (Å²) < 4.78 is 0. The normalized spacial score (nSPS) is 9.72. The Balaban J connectivity index is 2.07. The van der Waals surface area contributed by atoms with E-state index < -0.39 is 5.97 Å². The fourth-order valence-corrected chi connectivity index (χ4v) is 1.99. The summed E-state index contributed by atoms with van der Waals surface area (Å²) in [6.07, 6.45) is 1.58. The van der Waals surface area contributed by atoms with Crippen LogP contribution in [-0.4, -0.2) is 21.0 Å². The summed E-state index contributed by atoms with van der Waals surface area (Å²) in [5.41, 5.74) is 0.464. The van der Waals surface area contributed by atoms with Crippen molar-refractivity contribution in [2.24, 2.45) is 0 Å². The molecule has 0 spiro atoms. The topological polar surface area (TPSA) is 98.9 Å². The van der Waals surface area contributed by atoms with Gasteiger partial charge in [0, 0.05) is 11.6 Å². The highest BCUT2D eigenvalue weighted by molar-refractivity contribution is 7.09. The zero-order valence-corrected chi connectivity index (χ0v) is 9.94. The summed E-state index contributed by atoms with van der Waals surface area (Å²) in [7, 11) is 0. The number of pyridine rings is 1. The Morgan fingerprint density at radius 2 is 2.44 bits per heavy atom. The maximum atomic E-state index is 10.7. The van der Waals surface area contributed by atoms with Gasteiger partial charge in [-0.05, 0) is 12.1 Å². The van der Waals surface area contributed by atoms with Crippen LogP contribution in [0.5, 0.6) is 0 Å². The van der Waals surface area contributed by atoms with Crippen molar-refractivity contribution in [2.45, 2.75) is 6.54 Å². The predicted octanol–water partition coefficient (Wildman–Crippen LogP) is 1.72. The van der Waals surface area contributed by atoms with Gasteiger partial charge in [0.25, 0.3) is 0 Å². The Labute approximate surface area is 107 Å². The lowest BCUT2D eigenvalue weighted by Gasteiger charge is -2.03. The molecule has 6 nitrogen and oxygen atoms in total. The molecule has 0 fully saturated rings. The molecule has 18 heavy (non-hydrogen) atoms. The standard InChI is InChI=1S/C11H8N4O2S/c12-4-7-2-1-3-13-10(7)14-5-9-15-8(6-18-9)11(16)17/h1-3,6H,5H2,(H,13,14)(H,16,17). The van der Waals surface area contributed by atoms with Gasteiger partial charge in [-0.2, -0.15) is 5.26 Å². The number of hydrogen-bond acceptors (Lipinski definition) is 6. The van der Waals surface area contributed by atoms with Crippen molar-refractivity contribution < 1.29 is 9.90 Å². The van der Waals surface area contributed by atoms with E-state index in [9.17, 15) is 4.79 Å². The van der Waals surface area contributed by atoms with Gasteiger partial charge in [0.1, 0.15) is 16.9 Å². The molecule has 0 aliphatic carbocycles. The van der Waals surface area contributed by atoms with Gasteiger partial charge in [0.15, 0.2) is 5.69 Å². The summed E-state index contributed by atoms with van der Waals surface area (Å²) in [4.78, 5) is 18.6. The largest absolute Gasteiger partial charge is 0.476 e. The zero-order valence-electron chi connectivity index (χ0n) is 9.12. The van der Waals surface area contributed by atoms with Crippen LogP contribution in [-0.2, 0) is 6.54 Å². The van der Waals surface area contributed by atoms with E-state index >= 15 is 0 Å². The van der Waals surface area contributed by atoms with Gasteiger partial charge in [0.2, 0.25) is 0 Å². The first-order valence-corrected chi connectivity index (χ1v) is 5.85. The van der Waals surface area contributed by atoms with Crippen molar-refractivity contribution in [3.05, 3.63) is 40.0 Å². The van der Waals surface area contributed by atoms with Crippen LogP contribution in [0.25, 0.3) is 0 Å². The van der Waals surface area contributed by atoms with Gasteiger partial charge in [-0.1, -0.05) is 0 Å². The smallest absolute Gasteiger partial charge is 0.355 e. The molecule has 0 atom stereocenters. The summed E-state index contributed by atoms with van der Waals surface area (Å²) >= 11 is 1.25. The number of nitriles is 1. The Kier molecular flexibility index (Phi) is 3.50. The molecule has 0 aliphatic rings. The van der Waals surface area contributed by atoms with E-state index in [1.807, 2.05) is 6.07 Å². The molecule has 2 N–H and O–H groups in total. The maximum absolute atomic E-state index is 10.7. The molecule has 2 rings (SSSR count). The highest BCUT2D eigenvalue weighted by atomic mass is 32.1. The number of anilines is 1. The van der Waals surface area contributed by atoms with Gasteiger partial charge in [0.05, 0.1) is 12.1 Å². The van der Waals surface area contributed by atoms with Crippen molar-refractivity contribution in [2.75, 3.05) is 5.32 Å². The second kappa shape index (κ2) is 5.25. The van der Waals surface area contributed by atoms with Crippen LogP contribution in [0.1, 0.15) is 21.1 Å². The number of carbonyl (C=O) groups is 1. The lowest BCUT2D eigenvalue weighted by molar-refractivity contribution is 0.0691. The summed E-state index contributed by atoms with van der Waals surface area (Å²) in [5.74, 6) is -0.583. The molecule has 0 bridgehead atoms. The Morgan fingerprint density at radius 1 is 1.61 bits per heavy atom. The van der Waals surface area contributed by atoms with E-state index in [0.717, 1.165) is 0 Å². The number of carboxylic acids is 1. The van der Waals surface area contributed by atoms with E-state index in [0.29, 0.717) is 22.9 Å². The van der Waals surface area contributed by atoms with Crippen LogP contribution in [0.2, 0.25) is 0 Å². The van der Waals surface area contributed by atoms with Crippen LogP contribution in [0, 0.1) is 11.3 Å². The molecule has 0 radical (unpaired) electrons. The fraction of sp³-hybridized carbons (Fsp3) is 0.0909. The maximum Gasteiger partial charge on any atom is 0.355 e. The third-order valence-electron chi connectivity index (χ3n) is 2.11. The minimum absolute atomic E-state index is 0.0262. The average molecular weight is 260 g/mol. The molecule has 0 aromatic carbocycles. The number of thiazole rings is 1. The van der Waals surface area contributed by atoms with Crippen molar-refractivity contribution in [1.82, 2.24) is 9.97 Å². The second-order valence-electron chi connectivity index (χ2n) is 3.30. The second-order valence-corrected chi connectivity index (χ2v) is 4.24. The Hall–Kier alpha value is -2.46. The molecule has 2 heterocycles. The summed E-state index contributed by atoms with van der Waals surface area (Å²) in [6.45, 7) is 0.337. The summed E-state index contributed by atoms with van der Waals surface area (Å²) in [6, 6.07) is 5.35. The molecule has 2 aromatic heterocycles. The van der Waals surface area contributed by atoms with Gasteiger partial charge in [-0.3, -0.25) is 0 Å². The molecular formula is C11H8N4O2S. The molecular weight excluding hydrogens is 252 g/mol. The van der Waals surface area contributed by atoms with Crippen LogP contribution in [0.4, 0.5) is 5.82 Å². The SMILES string of the molecule is N#Cc1cccnc1NCc1nc(C(=O)O)cs1. The molecule has 7 heteroatoms. The summed E-state index contributed by atoms with van der Waals surface area (Å²) in [5, 5.41) is 22.7. The molecule has 0 amide bonds. The van der Waals surface area contributed by atoms with Crippen molar-refractivity contribution in [3.63, 3.8) is 0 Å². The van der Waals surface area contributed by atoms with Gasteiger partial charge in [-0.15, -0.1) is 11.3 Å². The number of aromatic carboxylic acids is 1. The van der Waals surface area contributed by atoms with Crippen LogP contribution < -0.4 is 5.32 Å². The highest BCUT2D eigenvalue weighted by Gasteiger charge is 2.09. The first-order valence-electron chi connectivity index (χ1n) is 4.97. The number of rotatable bonds is 4. The molecule has 0 aliphatic heterocycles. The highest BCUT2D eigenvalue weighted by Crippen LogP contribution is 2.14. The minimum atomic E-state index is -1.05. The van der Waals surface area contributed by atoms with Crippen LogP contribution in [0.15, 0.2) is 23.7 Å². The predicted molar refractivity (Wildman–Crippen MR) is 65.4 cm³/mol. The van der Waals surface area contributed by atoms with E-state index in [4.69, 9.17) is 10.4 Å². The zero-order chi connectivity index (χ0) is 13.0. The fourth-order valence-electron chi connectivity index (χ4n) is 1.29. The minimum Gasteiger partial charge on any atom is -0.476 e. The Morgan fingerprint density at radius 3 is 3.11 bits per heavy atom. The molecule has 2 aromatic rings. The number of hydrogen-bond donors (Lipinski definition) is 2. The van der Waals surface area contributed by atoms with Gasteiger partial charge in [-0.25, -0.2) is 14.8 Å². The van der Waals surface area contributed by atoms with Gasteiger partial charge < -0.3 is 10.4 Å². The number of aromatic nitrogens is 2. The van der Waals surface area contributed by atoms with E-state index in [1.54, 1.807) is 18.3 Å². The first-order chi connectivity index (χ1) is 8.70. The van der Waals surface area contributed by atoms with Crippen molar-refractivity contribution in [3.8, 4) is 6.07 Å². The monoisotopic (exact) mass is 260 g/mol.